The first-order valence-electron chi connectivity index (χ1n) is 5.99. The van der Waals surface area contributed by atoms with Crippen molar-refractivity contribution in [3.05, 3.63) is 29.8 Å². The SMILES string of the molecule is CC(C)(CNC(=O)c1ccccc1SCC#N)C(=O)O. The van der Waals surface area contributed by atoms with Crippen LogP contribution in [0.5, 0.6) is 0 Å². The summed E-state index contributed by atoms with van der Waals surface area (Å²) in [7, 11) is 0. The van der Waals surface area contributed by atoms with Crippen molar-refractivity contribution in [3.8, 4) is 6.07 Å². The molecular formula is C14H16N2O3S. The summed E-state index contributed by atoms with van der Waals surface area (Å²) in [5.74, 6) is -1.05. The molecule has 0 radical (unpaired) electrons. The van der Waals surface area contributed by atoms with E-state index in [0.717, 1.165) is 0 Å². The number of carboxylic acids is 1. The molecular weight excluding hydrogens is 276 g/mol. The Kier molecular flexibility index (Phi) is 5.59. The largest absolute Gasteiger partial charge is 0.481 e. The maximum atomic E-state index is 12.1. The molecule has 1 aromatic rings. The van der Waals surface area contributed by atoms with Crippen LogP contribution in [0, 0.1) is 16.7 Å². The Morgan fingerprint density at radius 3 is 2.65 bits per heavy atom. The number of carbonyl (C=O) groups excluding carboxylic acids is 1. The van der Waals surface area contributed by atoms with Crippen molar-refractivity contribution in [2.75, 3.05) is 12.3 Å². The molecule has 0 saturated heterocycles. The van der Waals surface area contributed by atoms with Gasteiger partial charge in [0.1, 0.15) is 0 Å². The van der Waals surface area contributed by atoms with Crippen molar-refractivity contribution in [2.45, 2.75) is 18.7 Å². The van der Waals surface area contributed by atoms with Gasteiger partial charge in [-0.3, -0.25) is 9.59 Å². The van der Waals surface area contributed by atoms with E-state index in [-0.39, 0.29) is 18.2 Å². The summed E-state index contributed by atoms with van der Waals surface area (Å²) in [5.41, 5.74) is -0.571. The van der Waals surface area contributed by atoms with Crippen molar-refractivity contribution >= 4 is 23.6 Å². The molecule has 0 atom stereocenters. The minimum Gasteiger partial charge on any atom is -0.481 e. The molecule has 0 saturated carbocycles. The molecule has 1 amide bonds. The number of nitrogens with zero attached hydrogens (tertiary/aromatic N) is 1. The molecule has 6 heteroatoms. The average Bonchev–Trinajstić information content (AvgIpc) is 2.42. The number of hydrogen-bond donors (Lipinski definition) is 2. The lowest BCUT2D eigenvalue weighted by Gasteiger charge is -2.19. The number of nitrogens with one attached hydrogen (secondary N) is 1. The topological polar surface area (TPSA) is 90.2 Å². The van der Waals surface area contributed by atoms with Gasteiger partial charge in [-0.1, -0.05) is 12.1 Å². The fraction of sp³-hybridized carbons (Fsp3) is 0.357. The predicted octanol–water partition coefficient (Wildman–Crippen LogP) is 2.14. The Balaban J connectivity index is 2.78. The summed E-state index contributed by atoms with van der Waals surface area (Å²) in [6.45, 7) is 3.14. The zero-order chi connectivity index (χ0) is 15.2. The third-order valence-electron chi connectivity index (χ3n) is 2.69. The van der Waals surface area contributed by atoms with Crippen LogP contribution in [0.15, 0.2) is 29.2 Å². The molecule has 0 aliphatic rings. The summed E-state index contributed by atoms with van der Waals surface area (Å²) in [5, 5.41) is 20.2. The second-order valence-electron chi connectivity index (χ2n) is 4.81. The summed E-state index contributed by atoms with van der Waals surface area (Å²) in [6, 6.07) is 8.94. The van der Waals surface area contributed by atoms with E-state index >= 15 is 0 Å². The van der Waals surface area contributed by atoms with E-state index in [1.54, 1.807) is 38.1 Å². The lowest BCUT2D eigenvalue weighted by Crippen LogP contribution is -2.39. The van der Waals surface area contributed by atoms with Crippen LogP contribution in [0.25, 0.3) is 0 Å². The van der Waals surface area contributed by atoms with E-state index in [1.807, 2.05) is 6.07 Å². The number of thioether (sulfide) groups is 1. The smallest absolute Gasteiger partial charge is 0.310 e. The Morgan fingerprint density at radius 1 is 1.40 bits per heavy atom. The summed E-state index contributed by atoms with van der Waals surface area (Å²) >= 11 is 1.28. The van der Waals surface area contributed by atoms with E-state index in [4.69, 9.17) is 10.4 Å². The Hall–Kier alpha value is -2.00. The number of rotatable bonds is 6. The fourth-order valence-corrected chi connectivity index (χ4v) is 2.07. The third-order valence-corrected chi connectivity index (χ3v) is 3.63. The lowest BCUT2D eigenvalue weighted by molar-refractivity contribution is -0.146. The van der Waals surface area contributed by atoms with E-state index in [2.05, 4.69) is 5.32 Å². The molecule has 0 fully saturated rings. The molecule has 0 aliphatic heterocycles. The molecule has 0 spiro atoms. The zero-order valence-electron chi connectivity index (χ0n) is 11.3. The molecule has 0 unspecified atom stereocenters. The van der Waals surface area contributed by atoms with Gasteiger partial charge in [0, 0.05) is 11.4 Å². The van der Waals surface area contributed by atoms with Crippen LogP contribution in [-0.4, -0.2) is 29.3 Å². The summed E-state index contributed by atoms with van der Waals surface area (Å²) in [6.07, 6.45) is 0. The minimum absolute atomic E-state index is 0.0401. The first-order valence-corrected chi connectivity index (χ1v) is 6.97. The van der Waals surface area contributed by atoms with Crippen molar-refractivity contribution in [3.63, 3.8) is 0 Å². The second-order valence-corrected chi connectivity index (χ2v) is 5.83. The number of benzene rings is 1. The van der Waals surface area contributed by atoms with Gasteiger partial charge in [-0.25, -0.2) is 0 Å². The van der Waals surface area contributed by atoms with Gasteiger partial charge in [0.25, 0.3) is 5.91 Å². The first-order chi connectivity index (χ1) is 9.38. The number of amides is 1. The van der Waals surface area contributed by atoms with Gasteiger partial charge in [0.2, 0.25) is 0 Å². The van der Waals surface area contributed by atoms with E-state index in [9.17, 15) is 9.59 Å². The van der Waals surface area contributed by atoms with E-state index in [0.29, 0.717) is 10.5 Å². The average molecular weight is 292 g/mol. The number of nitriles is 1. The van der Waals surface area contributed by atoms with Gasteiger partial charge in [0.15, 0.2) is 0 Å². The molecule has 20 heavy (non-hydrogen) atoms. The third kappa shape index (κ3) is 4.28. The van der Waals surface area contributed by atoms with Crippen LogP contribution < -0.4 is 5.32 Å². The summed E-state index contributed by atoms with van der Waals surface area (Å²) < 4.78 is 0. The second kappa shape index (κ2) is 6.96. The standard InChI is InChI=1S/C14H16N2O3S/c1-14(2,13(18)19)9-16-12(17)10-5-3-4-6-11(10)20-8-7-15/h3-6H,8-9H2,1-2H3,(H,16,17)(H,18,19). The first kappa shape index (κ1) is 16.1. The highest BCUT2D eigenvalue weighted by Gasteiger charge is 2.27. The van der Waals surface area contributed by atoms with Crippen molar-refractivity contribution in [1.82, 2.24) is 5.32 Å². The Morgan fingerprint density at radius 2 is 2.05 bits per heavy atom. The Labute approximate surface area is 122 Å². The van der Waals surface area contributed by atoms with Gasteiger partial charge < -0.3 is 10.4 Å². The monoisotopic (exact) mass is 292 g/mol. The van der Waals surface area contributed by atoms with E-state index in [1.165, 1.54) is 11.8 Å². The molecule has 2 N–H and O–H groups in total. The van der Waals surface area contributed by atoms with Crippen LogP contribution in [0.4, 0.5) is 0 Å². The number of aliphatic carboxylic acids is 1. The zero-order valence-corrected chi connectivity index (χ0v) is 12.2. The van der Waals surface area contributed by atoms with Crippen LogP contribution in [0.3, 0.4) is 0 Å². The summed E-state index contributed by atoms with van der Waals surface area (Å²) in [4.78, 5) is 23.8. The molecule has 0 bridgehead atoms. The highest BCUT2D eigenvalue weighted by molar-refractivity contribution is 7.99. The molecule has 0 heterocycles. The molecule has 5 nitrogen and oxygen atoms in total. The number of carbonyl (C=O) groups is 2. The van der Waals surface area contributed by atoms with Crippen molar-refractivity contribution in [2.24, 2.45) is 5.41 Å². The molecule has 1 aromatic carbocycles. The maximum Gasteiger partial charge on any atom is 0.310 e. The minimum atomic E-state index is -1.02. The number of carboxylic acid groups (broad SMARTS) is 1. The highest BCUT2D eigenvalue weighted by atomic mass is 32.2. The Bertz CT molecular complexity index is 550. The molecule has 0 aliphatic carbocycles. The van der Waals surface area contributed by atoms with Crippen LogP contribution in [-0.2, 0) is 4.79 Å². The van der Waals surface area contributed by atoms with Crippen LogP contribution >= 0.6 is 11.8 Å². The van der Waals surface area contributed by atoms with E-state index < -0.39 is 11.4 Å². The van der Waals surface area contributed by atoms with Gasteiger partial charge >= 0.3 is 5.97 Å². The maximum absolute atomic E-state index is 12.1. The van der Waals surface area contributed by atoms with Crippen LogP contribution in [0.1, 0.15) is 24.2 Å². The lowest BCUT2D eigenvalue weighted by atomic mass is 9.94. The normalized spacial score (nSPS) is 10.7. The quantitative estimate of drug-likeness (QED) is 0.784. The predicted molar refractivity (Wildman–Crippen MR) is 76.5 cm³/mol. The molecule has 1 rings (SSSR count). The van der Waals surface area contributed by atoms with Crippen LogP contribution in [0.2, 0.25) is 0 Å². The van der Waals surface area contributed by atoms with Gasteiger partial charge in [-0.05, 0) is 26.0 Å². The van der Waals surface area contributed by atoms with Gasteiger partial charge in [0.05, 0.1) is 22.8 Å². The molecule has 0 aromatic heterocycles. The van der Waals surface area contributed by atoms with Gasteiger partial charge in [-0.15, -0.1) is 11.8 Å². The van der Waals surface area contributed by atoms with Crippen molar-refractivity contribution in [1.29, 1.82) is 5.26 Å². The van der Waals surface area contributed by atoms with Gasteiger partial charge in [-0.2, -0.15) is 5.26 Å². The fourth-order valence-electron chi connectivity index (χ4n) is 1.36. The molecule has 106 valence electrons. The van der Waals surface area contributed by atoms with Crippen molar-refractivity contribution < 1.29 is 14.7 Å². The number of hydrogen-bond acceptors (Lipinski definition) is 4. The highest BCUT2D eigenvalue weighted by Crippen LogP contribution is 2.22.